The molecule has 4 nitrogen and oxygen atoms in total. The zero-order chi connectivity index (χ0) is 15.1. The van der Waals surface area contributed by atoms with Gasteiger partial charge in [0, 0.05) is 18.2 Å². The summed E-state index contributed by atoms with van der Waals surface area (Å²) in [4.78, 5) is 0. The number of hydrogen-bond acceptors (Lipinski definition) is 4. The van der Waals surface area contributed by atoms with Crippen molar-refractivity contribution in [2.75, 3.05) is 27.1 Å². The van der Waals surface area contributed by atoms with Crippen LogP contribution in [0.4, 0.5) is 0 Å². The Morgan fingerprint density at radius 2 is 2.10 bits per heavy atom. The van der Waals surface area contributed by atoms with E-state index in [2.05, 4.69) is 19.2 Å². The van der Waals surface area contributed by atoms with Crippen molar-refractivity contribution in [1.82, 2.24) is 5.32 Å². The van der Waals surface area contributed by atoms with Crippen molar-refractivity contribution in [2.45, 2.75) is 33.2 Å². The molecule has 0 amide bonds. The summed E-state index contributed by atoms with van der Waals surface area (Å²) in [6.07, 6.45) is 2.59. The summed E-state index contributed by atoms with van der Waals surface area (Å²) in [6.45, 7) is 7.30. The molecule has 0 spiro atoms. The van der Waals surface area contributed by atoms with E-state index in [0.717, 1.165) is 42.7 Å². The molecular formula is C17H27NO3. The number of nitrogens with one attached hydrogen (secondary N) is 1. The van der Waals surface area contributed by atoms with Crippen LogP contribution in [0.2, 0.25) is 0 Å². The van der Waals surface area contributed by atoms with Crippen molar-refractivity contribution in [3.05, 3.63) is 23.8 Å². The Labute approximate surface area is 127 Å². The quantitative estimate of drug-likeness (QED) is 0.531. The van der Waals surface area contributed by atoms with Gasteiger partial charge in [-0.1, -0.05) is 19.9 Å². The molecule has 1 aromatic rings. The highest BCUT2D eigenvalue weighted by Gasteiger charge is 2.21. The van der Waals surface area contributed by atoms with Gasteiger partial charge in [-0.2, -0.15) is 0 Å². The second kappa shape index (κ2) is 8.25. The summed E-state index contributed by atoms with van der Waals surface area (Å²) in [5.74, 6) is 3.03. The van der Waals surface area contributed by atoms with E-state index in [1.165, 1.54) is 12.8 Å². The van der Waals surface area contributed by atoms with E-state index in [4.69, 9.17) is 14.2 Å². The van der Waals surface area contributed by atoms with Gasteiger partial charge < -0.3 is 19.5 Å². The molecular weight excluding hydrogens is 266 g/mol. The highest BCUT2D eigenvalue weighted by molar-refractivity contribution is 5.40. The van der Waals surface area contributed by atoms with Crippen LogP contribution in [-0.2, 0) is 11.3 Å². The molecule has 4 heteroatoms. The van der Waals surface area contributed by atoms with Crippen LogP contribution in [0.1, 0.15) is 32.3 Å². The molecule has 1 aliphatic carbocycles. The summed E-state index contributed by atoms with van der Waals surface area (Å²) >= 11 is 0. The Balaban J connectivity index is 1.86. The summed E-state index contributed by atoms with van der Waals surface area (Å²) in [6, 6.07) is 5.93. The van der Waals surface area contributed by atoms with E-state index < -0.39 is 0 Å². The van der Waals surface area contributed by atoms with E-state index in [1.54, 1.807) is 7.11 Å². The van der Waals surface area contributed by atoms with E-state index in [0.29, 0.717) is 12.7 Å². The largest absolute Gasteiger partial charge is 0.497 e. The lowest BCUT2D eigenvalue weighted by Crippen LogP contribution is -2.19. The Bertz CT molecular complexity index is 430. The second-order valence-electron chi connectivity index (χ2n) is 6.07. The van der Waals surface area contributed by atoms with Crippen LogP contribution in [0, 0.1) is 11.8 Å². The minimum absolute atomic E-state index is 0.306. The van der Waals surface area contributed by atoms with Crippen molar-refractivity contribution >= 4 is 0 Å². The van der Waals surface area contributed by atoms with Crippen LogP contribution >= 0.6 is 0 Å². The van der Waals surface area contributed by atoms with Gasteiger partial charge in [0.15, 0.2) is 6.79 Å². The minimum Gasteiger partial charge on any atom is -0.497 e. The zero-order valence-electron chi connectivity index (χ0n) is 13.4. The Hall–Kier alpha value is -1.26. The lowest BCUT2D eigenvalue weighted by Gasteiger charge is -2.14. The summed E-state index contributed by atoms with van der Waals surface area (Å²) in [7, 11) is 1.67. The SMILES string of the molecule is COc1ccc(CNCC(C)C)c(OCOCC2CC2)c1. The molecule has 0 aromatic heterocycles. The molecule has 0 heterocycles. The molecule has 0 bridgehead atoms. The highest BCUT2D eigenvalue weighted by Crippen LogP contribution is 2.29. The first-order chi connectivity index (χ1) is 10.2. The molecule has 118 valence electrons. The number of methoxy groups -OCH3 is 1. The average molecular weight is 293 g/mol. The van der Waals surface area contributed by atoms with Gasteiger partial charge in [-0.25, -0.2) is 0 Å². The first-order valence-corrected chi connectivity index (χ1v) is 7.77. The van der Waals surface area contributed by atoms with E-state index in [9.17, 15) is 0 Å². The van der Waals surface area contributed by atoms with Crippen LogP contribution in [0.25, 0.3) is 0 Å². The van der Waals surface area contributed by atoms with Crippen LogP contribution < -0.4 is 14.8 Å². The monoisotopic (exact) mass is 293 g/mol. The topological polar surface area (TPSA) is 39.7 Å². The molecule has 2 rings (SSSR count). The van der Waals surface area contributed by atoms with Crippen molar-refractivity contribution in [3.63, 3.8) is 0 Å². The number of benzene rings is 1. The van der Waals surface area contributed by atoms with Gasteiger partial charge in [-0.3, -0.25) is 0 Å². The van der Waals surface area contributed by atoms with Gasteiger partial charge >= 0.3 is 0 Å². The third kappa shape index (κ3) is 5.94. The third-order valence-corrected chi connectivity index (χ3v) is 3.49. The summed E-state index contributed by atoms with van der Waals surface area (Å²) in [5, 5.41) is 3.44. The van der Waals surface area contributed by atoms with Crippen molar-refractivity contribution in [3.8, 4) is 11.5 Å². The van der Waals surface area contributed by atoms with E-state index >= 15 is 0 Å². The van der Waals surface area contributed by atoms with Crippen LogP contribution in [0.3, 0.4) is 0 Å². The van der Waals surface area contributed by atoms with Crippen LogP contribution in [-0.4, -0.2) is 27.1 Å². The van der Waals surface area contributed by atoms with Gasteiger partial charge in [-0.15, -0.1) is 0 Å². The Kier molecular flexibility index (Phi) is 6.33. The smallest absolute Gasteiger partial charge is 0.189 e. The maximum Gasteiger partial charge on any atom is 0.189 e. The van der Waals surface area contributed by atoms with Gasteiger partial charge in [0.05, 0.1) is 13.7 Å². The fraction of sp³-hybridized carbons (Fsp3) is 0.647. The summed E-state index contributed by atoms with van der Waals surface area (Å²) in [5.41, 5.74) is 1.13. The van der Waals surface area contributed by atoms with Gasteiger partial charge in [-0.05, 0) is 37.3 Å². The standard InChI is InChI=1S/C17H27NO3/c1-13(2)9-18-10-15-6-7-16(19-3)8-17(15)21-12-20-11-14-4-5-14/h6-8,13-14,18H,4-5,9-12H2,1-3H3. The molecule has 0 radical (unpaired) electrons. The average Bonchev–Trinajstić information content (AvgIpc) is 3.28. The zero-order valence-corrected chi connectivity index (χ0v) is 13.4. The highest BCUT2D eigenvalue weighted by atomic mass is 16.7. The van der Waals surface area contributed by atoms with Crippen molar-refractivity contribution < 1.29 is 14.2 Å². The molecule has 0 atom stereocenters. The normalized spacial score (nSPS) is 14.5. The summed E-state index contributed by atoms with van der Waals surface area (Å²) < 4.78 is 16.6. The second-order valence-corrected chi connectivity index (χ2v) is 6.07. The molecule has 0 saturated heterocycles. The maximum atomic E-state index is 5.77. The Morgan fingerprint density at radius 1 is 1.29 bits per heavy atom. The van der Waals surface area contributed by atoms with Crippen LogP contribution in [0.5, 0.6) is 11.5 Å². The molecule has 1 fully saturated rings. The molecule has 1 aliphatic rings. The minimum atomic E-state index is 0.306. The predicted molar refractivity (Wildman–Crippen MR) is 83.7 cm³/mol. The van der Waals surface area contributed by atoms with E-state index in [-0.39, 0.29) is 0 Å². The molecule has 1 saturated carbocycles. The number of ether oxygens (including phenoxy) is 3. The lowest BCUT2D eigenvalue weighted by molar-refractivity contribution is 0.00932. The predicted octanol–water partition coefficient (Wildman–Crippen LogP) is 3.20. The number of rotatable bonds is 10. The van der Waals surface area contributed by atoms with Crippen molar-refractivity contribution in [2.24, 2.45) is 11.8 Å². The lowest BCUT2D eigenvalue weighted by atomic mass is 10.1. The third-order valence-electron chi connectivity index (χ3n) is 3.49. The van der Waals surface area contributed by atoms with Gasteiger partial charge in [0.2, 0.25) is 0 Å². The number of hydrogen-bond donors (Lipinski definition) is 1. The molecule has 0 unspecified atom stereocenters. The fourth-order valence-corrected chi connectivity index (χ4v) is 2.04. The fourth-order valence-electron chi connectivity index (χ4n) is 2.04. The molecule has 1 aromatic carbocycles. The maximum absolute atomic E-state index is 5.77. The first-order valence-electron chi connectivity index (χ1n) is 7.77. The Morgan fingerprint density at radius 3 is 2.76 bits per heavy atom. The first kappa shape index (κ1) is 16.1. The van der Waals surface area contributed by atoms with Gasteiger partial charge in [0.1, 0.15) is 11.5 Å². The van der Waals surface area contributed by atoms with Gasteiger partial charge in [0.25, 0.3) is 0 Å². The van der Waals surface area contributed by atoms with E-state index in [1.807, 2.05) is 18.2 Å². The molecule has 21 heavy (non-hydrogen) atoms. The molecule has 1 N–H and O–H groups in total. The van der Waals surface area contributed by atoms with Crippen LogP contribution in [0.15, 0.2) is 18.2 Å². The molecule has 0 aliphatic heterocycles. The van der Waals surface area contributed by atoms with Crippen molar-refractivity contribution in [1.29, 1.82) is 0 Å².